The summed E-state index contributed by atoms with van der Waals surface area (Å²) in [5.74, 6) is -1.08. The van der Waals surface area contributed by atoms with Crippen LogP contribution in [0.3, 0.4) is 0 Å². The second-order valence-electron chi connectivity index (χ2n) is 3.86. The van der Waals surface area contributed by atoms with Crippen LogP contribution >= 0.6 is 11.6 Å². The minimum absolute atomic E-state index is 0.0144. The van der Waals surface area contributed by atoms with E-state index in [-0.39, 0.29) is 17.2 Å². The van der Waals surface area contributed by atoms with Crippen molar-refractivity contribution in [1.29, 1.82) is 0 Å². The van der Waals surface area contributed by atoms with Crippen molar-refractivity contribution < 1.29 is 13.6 Å². The van der Waals surface area contributed by atoms with Crippen LogP contribution in [0.4, 0.5) is 8.78 Å². The van der Waals surface area contributed by atoms with Gasteiger partial charge >= 0.3 is 0 Å². The molecule has 0 saturated carbocycles. The van der Waals surface area contributed by atoms with Crippen LogP contribution in [0.1, 0.15) is 15.9 Å². The highest BCUT2D eigenvalue weighted by Crippen LogP contribution is 2.17. The normalized spacial score (nSPS) is 10.4. The van der Waals surface area contributed by atoms with Crippen molar-refractivity contribution >= 4 is 17.4 Å². The zero-order chi connectivity index (χ0) is 13.1. The zero-order valence-electron chi connectivity index (χ0n) is 9.29. The molecular weight excluding hydrogens is 258 g/mol. The summed E-state index contributed by atoms with van der Waals surface area (Å²) in [6, 6.07) is 9.43. The molecule has 2 rings (SSSR count). The Labute approximate surface area is 108 Å². The maximum absolute atomic E-state index is 12.9. The van der Waals surface area contributed by atoms with Gasteiger partial charge < -0.3 is 0 Å². The fourth-order valence-corrected chi connectivity index (χ4v) is 1.78. The molecule has 0 radical (unpaired) electrons. The molecule has 0 atom stereocenters. The van der Waals surface area contributed by atoms with Crippen molar-refractivity contribution in [3.63, 3.8) is 0 Å². The molecule has 0 spiro atoms. The number of benzene rings is 2. The Morgan fingerprint density at radius 3 is 2.33 bits per heavy atom. The number of hydrogen-bond acceptors (Lipinski definition) is 1. The number of rotatable bonds is 3. The Morgan fingerprint density at radius 2 is 1.72 bits per heavy atom. The lowest BCUT2D eigenvalue weighted by Crippen LogP contribution is -2.03. The van der Waals surface area contributed by atoms with Crippen molar-refractivity contribution in [2.24, 2.45) is 0 Å². The standard InChI is InChI=1S/C14H9ClF2O/c15-12-7-9(1-6-13(12)17)8-14(18)10-2-4-11(16)5-3-10/h1-7H,8H2. The number of hydrogen-bond donors (Lipinski definition) is 0. The molecule has 92 valence electrons. The molecule has 0 aliphatic carbocycles. The van der Waals surface area contributed by atoms with E-state index in [1.54, 1.807) is 0 Å². The first kappa shape index (κ1) is 12.7. The highest BCUT2D eigenvalue weighted by molar-refractivity contribution is 6.30. The third kappa shape index (κ3) is 2.93. The first-order valence-electron chi connectivity index (χ1n) is 5.29. The summed E-state index contributed by atoms with van der Waals surface area (Å²) in [7, 11) is 0. The molecule has 4 heteroatoms. The Balaban J connectivity index is 2.16. The summed E-state index contributed by atoms with van der Waals surface area (Å²) < 4.78 is 25.6. The molecule has 0 N–H and O–H groups in total. The second kappa shape index (κ2) is 5.27. The minimum Gasteiger partial charge on any atom is -0.294 e. The van der Waals surface area contributed by atoms with Crippen LogP contribution in [0.25, 0.3) is 0 Å². The lowest BCUT2D eigenvalue weighted by atomic mass is 10.0. The summed E-state index contributed by atoms with van der Waals surface area (Å²) in [6.45, 7) is 0. The molecule has 0 aliphatic rings. The summed E-state index contributed by atoms with van der Waals surface area (Å²) in [6.07, 6.45) is 0.103. The van der Waals surface area contributed by atoms with E-state index in [0.29, 0.717) is 11.1 Å². The van der Waals surface area contributed by atoms with Crippen LogP contribution in [-0.4, -0.2) is 5.78 Å². The summed E-state index contributed by atoms with van der Waals surface area (Å²) in [5.41, 5.74) is 1.03. The summed E-state index contributed by atoms with van der Waals surface area (Å²) in [5, 5.41) is -0.0144. The van der Waals surface area contributed by atoms with E-state index in [2.05, 4.69) is 0 Å². The van der Waals surface area contributed by atoms with Crippen LogP contribution in [0.2, 0.25) is 5.02 Å². The monoisotopic (exact) mass is 266 g/mol. The maximum Gasteiger partial charge on any atom is 0.167 e. The molecule has 2 aromatic carbocycles. The van der Waals surface area contributed by atoms with Crippen LogP contribution in [-0.2, 0) is 6.42 Å². The highest BCUT2D eigenvalue weighted by Gasteiger charge is 2.08. The molecule has 18 heavy (non-hydrogen) atoms. The van der Waals surface area contributed by atoms with Crippen molar-refractivity contribution in [3.05, 3.63) is 70.2 Å². The predicted molar refractivity (Wildman–Crippen MR) is 65.8 cm³/mol. The van der Waals surface area contributed by atoms with Gasteiger partial charge in [0.25, 0.3) is 0 Å². The average molecular weight is 267 g/mol. The van der Waals surface area contributed by atoms with E-state index in [0.717, 1.165) is 0 Å². The van der Waals surface area contributed by atoms with Gasteiger partial charge in [0.1, 0.15) is 11.6 Å². The molecular formula is C14H9ClF2O. The fourth-order valence-electron chi connectivity index (χ4n) is 1.57. The average Bonchev–Trinajstić information content (AvgIpc) is 2.34. The Kier molecular flexibility index (Phi) is 3.72. The van der Waals surface area contributed by atoms with Crippen molar-refractivity contribution in [2.75, 3.05) is 0 Å². The number of halogens is 3. The van der Waals surface area contributed by atoms with E-state index < -0.39 is 11.6 Å². The molecule has 0 heterocycles. The van der Waals surface area contributed by atoms with Gasteiger partial charge in [-0.1, -0.05) is 17.7 Å². The number of Topliss-reactive ketones (excluding diaryl/α,β-unsaturated/α-hetero) is 1. The smallest absolute Gasteiger partial charge is 0.167 e. The number of carbonyl (C=O) groups excluding carboxylic acids is 1. The van der Waals surface area contributed by atoms with Gasteiger partial charge in [-0.2, -0.15) is 0 Å². The lowest BCUT2D eigenvalue weighted by molar-refractivity contribution is 0.0993. The maximum atomic E-state index is 12.9. The van der Waals surface area contributed by atoms with Gasteiger partial charge in [0.2, 0.25) is 0 Å². The highest BCUT2D eigenvalue weighted by atomic mass is 35.5. The number of carbonyl (C=O) groups is 1. The van der Waals surface area contributed by atoms with Crippen LogP contribution in [0.5, 0.6) is 0 Å². The Morgan fingerprint density at radius 1 is 1.06 bits per heavy atom. The van der Waals surface area contributed by atoms with E-state index in [1.807, 2.05) is 0 Å². The van der Waals surface area contributed by atoms with Gasteiger partial charge in [-0.25, -0.2) is 8.78 Å². The van der Waals surface area contributed by atoms with Gasteiger partial charge in [0.15, 0.2) is 5.78 Å². The van der Waals surface area contributed by atoms with Gasteiger partial charge in [-0.15, -0.1) is 0 Å². The topological polar surface area (TPSA) is 17.1 Å². The van der Waals surface area contributed by atoms with E-state index in [1.165, 1.54) is 42.5 Å². The zero-order valence-corrected chi connectivity index (χ0v) is 10.0. The van der Waals surface area contributed by atoms with Gasteiger partial charge in [0, 0.05) is 12.0 Å². The van der Waals surface area contributed by atoms with E-state index in [4.69, 9.17) is 11.6 Å². The molecule has 2 aromatic rings. The minimum atomic E-state index is -0.519. The van der Waals surface area contributed by atoms with Gasteiger partial charge in [0.05, 0.1) is 5.02 Å². The predicted octanol–water partition coefficient (Wildman–Crippen LogP) is 4.04. The molecule has 0 aliphatic heterocycles. The third-order valence-corrected chi connectivity index (χ3v) is 2.80. The van der Waals surface area contributed by atoms with Crippen LogP contribution in [0.15, 0.2) is 42.5 Å². The fraction of sp³-hybridized carbons (Fsp3) is 0.0714. The van der Waals surface area contributed by atoms with Crippen molar-refractivity contribution in [3.8, 4) is 0 Å². The van der Waals surface area contributed by atoms with Crippen LogP contribution in [0, 0.1) is 11.6 Å². The Hall–Kier alpha value is -1.74. The van der Waals surface area contributed by atoms with Crippen LogP contribution < -0.4 is 0 Å². The first-order chi connectivity index (χ1) is 8.56. The number of ketones is 1. The largest absolute Gasteiger partial charge is 0.294 e. The molecule has 0 amide bonds. The second-order valence-corrected chi connectivity index (χ2v) is 4.26. The Bertz CT molecular complexity index is 579. The quantitative estimate of drug-likeness (QED) is 0.766. The summed E-state index contributed by atoms with van der Waals surface area (Å²) in [4.78, 5) is 11.9. The van der Waals surface area contributed by atoms with Crippen molar-refractivity contribution in [2.45, 2.75) is 6.42 Å². The van der Waals surface area contributed by atoms with E-state index in [9.17, 15) is 13.6 Å². The molecule has 0 bridgehead atoms. The van der Waals surface area contributed by atoms with Crippen molar-refractivity contribution in [1.82, 2.24) is 0 Å². The SMILES string of the molecule is O=C(Cc1ccc(F)c(Cl)c1)c1ccc(F)cc1. The van der Waals surface area contributed by atoms with E-state index >= 15 is 0 Å². The third-order valence-electron chi connectivity index (χ3n) is 2.51. The lowest BCUT2D eigenvalue weighted by Gasteiger charge is -2.03. The molecule has 1 nitrogen and oxygen atoms in total. The molecule has 0 fully saturated rings. The van der Waals surface area contributed by atoms with Gasteiger partial charge in [-0.05, 0) is 42.0 Å². The van der Waals surface area contributed by atoms with Gasteiger partial charge in [-0.3, -0.25) is 4.79 Å². The summed E-state index contributed by atoms with van der Waals surface area (Å²) >= 11 is 5.63. The first-order valence-corrected chi connectivity index (χ1v) is 5.67. The molecule has 0 unspecified atom stereocenters. The molecule has 0 saturated heterocycles. The molecule has 0 aromatic heterocycles.